The fourth-order valence-electron chi connectivity index (χ4n) is 2.56. The SMILES string of the molecule is CCCCCCCCCCC(N)CCc1ccccn1. The Balaban J connectivity index is 1.91. The summed E-state index contributed by atoms with van der Waals surface area (Å²) in [6.07, 6.45) is 16.1. The van der Waals surface area contributed by atoms with Gasteiger partial charge < -0.3 is 5.73 Å². The Morgan fingerprint density at radius 1 is 0.950 bits per heavy atom. The van der Waals surface area contributed by atoms with E-state index in [0.717, 1.165) is 12.8 Å². The fraction of sp³-hybridized carbons (Fsp3) is 0.722. The number of aryl methyl sites for hydroxylation is 1. The normalized spacial score (nSPS) is 12.5. The van der Waals surface area contributed by atoms with Gasteiger partial charge in [-0.25, -0.2) is 0 Å². The molecule has 0 radical (unpaired) electrons. The number of nitrogens with two attached hydrogens (primary N) is 1. The van der Waals surface area contributed by atoms with Crippen molar-refractivity contribution in [2.75, 3.05) is 0 Å². The van der Waals surface area contributed by atoms with Gasteiger partial charge in [0.1, 0.15) is 0 Å². The number of nitrogens with zero attached hydrogens (tertiary/aromatic N) is 1. The van der Waals surface area contributed by atoms with E-state index in [4.69, 9.17) is 5.73 Å². The summed E-state index contributed by atoms with van der Waals surface area (Å²) >= 11 is 0. The first-order chi connectivity index (χ1) is 9.83. The van der Waals surface area contributed by atoms with Crippen LogP contribution >= 0.6 is 0 Å². The summed E-state index contributed by atoms with van der Waals surface area (Å²) in [7, 11) is 0. The first-order valence-electron chi connectivity index (χ1n) is 8.48. The molecule has 0 saturated carbocycles. The highest BCUT2D eigenvalue weighted by Gasteiger charge is 2.03. The second-order valence-electron chi connectivity index (χ2n) is 5.88. The Hall–Kier alpha value is -0.890. The summed E-state index contributed by atoms with van der Waals surface area (Å²) in [4.78, 5) is 4.34. The van der Waals surface area contributed by atoms with Gasteiger partial charge in [-0.05, 0) is 31.4 Å². The van der Waals surface area contributed by atoms with Crippen molar-refractivity contribution in [2.45, 2.75) is 83.6 Å². The van der Waals surface area contributed by atoms with E-state index in [1.54, 1.807) is 0 Å². The van der Waals surface area contributed by atoms with E-state index in [0.29, 0.717) is 6.04 Å². The zero-order valence-electron chi connectivity index (χ0n) is 13.2. The molecule has 2 nitrogen and oxygen atoms in total. The van der Waals surface area contributed by atoms with Crippen LogP contribution in [0.1, 0.15) is 76.8 Å². The predicted molar refractivity (Wildman–Crippen MR) is 87.8 cm³/mol. The molecule has 0 saturated heterocycles. The lowest BCUT2D eigenvalue weighted by Crippen LogP contribution is -2.20. The van der Waals surface area contributed by atoms with Crippen molar-refractivity contribution in [1.29, 1.82) is 0 Å². The smallest absolute Gasteiger partial charge is 0.0404 e. The fourth-order valence-corrected chi connectivity index (χ4v) is 2.56. The van der Waals surface area contributed by atoms with Gasteiger partial charge in [0, 0.05) is 17.9 Å². The summed E-state index contributed by atoms with van der Waals surface area (Å²) in [6, 6.07) is 6.44. The Kier molecular flexibility index (Phi) is 10.2. The Labute approximate surface area is 125 Å². The number of hydrogen-bond donors (Lipinski definition) is 1. The summed E-state index contributed by atoms with van der Waals surface area (Å²) in [5.41, 5.74) is 7.34. The van der Waals surface area contributed by atoms with E-state index in [-0.39, 0.29) is 0 Å². The van der Waals surface area contributed by atoms with E-state index >= 15 is 0 Å². The number of rotatable bonds is 12. The highest BCUT2D eigenvalue weighted by molar-refractivity contribution is 5.03. The predicted octanol–water partition coefficient (Wildman–Crippen LogP) is 4.87. The Bertz CT molecular complexity index is 310. The second kappa shape index (κ2) is 11.9. The van der Waals surface area contributed by atoms with E-state index < -0.39 is 0 Å². The van der Waals surface area contributed by atoms with E-state index in [9.17, 15) is 0 Å². The number of unbranched alkanes of at least 4 members (excludes halogenated alkanes) is 7. The molecule has 1 rings (SSSR count). The summed E-state index contributed by atoms with van der Waals surface area (Å²) in [5.74, 6) is 0. The van der Waals surface area contributed by atoms with Crippen LogP contribution in [0.3, 0.4) is 0 Å². The van der Waals surface area contributed by atoms with Crippen LogP contribution in [0.25, 0.3) is 0 Å². The minimum atomic E-state index is 0.345. The molecule has 20 heavy (non-hydrogen) atoms. The lowest BCUT2D eigenvalue weighted by atomic mass is 10.0. The molecule has 0 amide bonds. The van der Waals surface area contributed by atoms with Crippen LogP contribution in [0.15, 0.2) is 24.4 Å². The maximum absolute atomic E-state index is 6.17. The van der Waals surface area contributed by atoms with Gasteiger partial charge in [0.25, 0.3) is 0 Å². The monoisotopic (exact) mass is 276 g/mol. The highest BCUT2D eigenvalue weighted by Crippen LogP contribution is 2.12. The van der Waals surface area contributed by atoms with Gasteiger partial charge in [-0.1, -0.05) is 64.4 Å². The van der Waals surface area contributed by atoms with Crippen LogP contribution in [-0.4, -0.2) is 11.0 Å². The van der Waals surface area contributed by atoms with Crippen molar-refractivity contribution in [1.82, 2.24) is 4.98 Å². The van der Waals surface area contributed by atoms with Gasteiger partial charge in [0.2, 0.25) is 0 Å². The third-order valence-corrected chi connectivity index (χ3v) is 3.93. The van der Waals surface area contributed by atoms with Crippen molar-refractivity contribution >= 4 is 0 Å². The quantitative estimate of drug-likeness (QED) is 0.553. The number of aromatic nitrogens is 1. The molecule has 0 spiro atoms. The van der Waals surface area contributed by atoms with Crippen molar-refractivity contribution in [3.8, 4) is 0 Å². The highest BCUT2D eigenvalue weighted by atomic mass is 14.7. The summed E-state index contributed by atoms with van der Waals surface area (Å²) in [5, 5.41) is 0. The molecule has 1 heterocycles. The van der Waals surface area contributed by atoms with E-state index in [1.807, 2.05) is 18.3 Å². The van der Waals surface area contributed by atoms with E-state index in [1.165, 1.54) is 63.5 Å². The summed E-state index contributed by atoms with van der Waals surface area (Å²) in [6.45, 7) is 2.27. The molecular weight excluding hydrogens is 244 g/mol. The van der Waals surface area contributed by atoms with Crippen molar-refractivity contribution in [3.63, 3.8) is 0 Å². The van der Waals surface area contributed by atoms with Gasteiger partial charge in [0.15, 0.2) is 0 Å². The van der Waals surface area contributed by atoms with Crippen LogP contribution in [0.4, 0.5) is 0 Å². The Morgan fingerprint density at radius 2 is 1.65 bits per heavy atom. The first kappa shape index (κ1) is 17.2. The molecule has 114 valence electrons. The topological polar surface area (TPSA) is 38.9 Å². The molecule has 2 N–H and O–H groups in total. The maximum Gasteiger partial charge on any atom is 0.0404 e. The maximum atomic E-state index is 6.17. The first-order valence-corrected chi connectivity index (χ1v) is 8.48. The minimum absolute atomic E-state index is 0.345. The third-order valence-electron chi connectivity index (χ3n) is 3.93. The minimum Gasteiger partial charge on any atom is -0.328 e. The Morgan fingerprint density at radius 3 is 2.30 bits per heavy atom. The standard InChI is InChI=1S/C18H32N2/c1-2-3-4-5-6-7-8-9-12-17(19)14-15-18-13-10-11-16-20-18/h10-11,13,16-17H,2-9,12,14-15,19H2,1H3. The number of pyridine rings is 1. The van der Waals surface area contributed by atoms with Crippen molar-refractivity contribution in [3.05, 3.63) is 30.1 Å². The van der Waals surface area contributed by atoms with Crippen LogP contribution in [0.2, 0.25) is 0 Å². The van der Waals surface area contributed by atoms with Gasteiger partial charge in [0.05, 0.1) is 0 Å². The molecule has 0 aliphatic heterocycles. The molecule has 0 bridgehead atoms. The average Bonchev–Trinajstić information content (AvgIpc) is 2.49. The van der Waals surface area contributed by atoms with Gasteiger partial charge in [-0.2, -0.15) is 0 Å². The molecule has 0 aliphatic rings. The molecule has 1 aromatic heterocycles. The van der Waals surface area contributed by atoms with Crippen LogP contribution in [-0.2, 0) is 6.42 Å². The van der Waals surface area contributed by atoms with Crippen molar-refractivity contribution in [2.24, 2.45) is 5.73 Å². The van der Waals surface area contributed by atoms with Gasteiger partial charge in [-0.3, -0.25) is 4.98 Å². The van der Waals surface area contributed by atoms with E-state index in [2.05, 4.69) is 18.0 Å². The molecule has 0 fully saturated rings. The molecule has 1 unspecified atom stereocenters. The van der Waals surface area contributed by atoms with Crippen LogP contribution in [0.5, 0.6) is 0 Å². The van der Waals surface area contributed by atoms with Crippen molar-refractivity contribution < 1.29 is 0 Å². The average molecular weight is 276 g/mol. The molecular formula is C18H32N2. The van der Waals surface area contributed by atoms with Gasteiger partial charge >= 0.3 is 0 Å². The zero-order chi connectivity index (χ0) is 14.5. The molecule has 0 aliphatic carbocycles. The number of hydrogen-bond acceptors (Lipinski definition) is 2. The summed E-state index contributed by atoms with van der Waals surface area (Å²) < 4.78 is 0. The van der Waals surface area contributed by atoms with Crippen LogP contribution < -0.4 is 5.73 Å². The lowest BCUT2D eigenvalue weighted by Gasteiger charge is -2.11. The largest absolute Gasteiger partial charge is 0.328 e. The molecule has 0 aromatic carbocycles. The zero-order valence-corrected chi connectivity index (χ0v) is 13.2. The molecule has 1 aromatic rings. The lowest BCUT2D eigenvalue weighted by molar-refractivity contribution is 0.506. The van der Waals surface area contributed by atoms with Gasteiger partial charge in [-0.15, -0.1) is 0 Å². The second-order valence-corrected chi connectivity index (χ2v) is 5.88. The third kappa shape index (κ3) is 9.08. The van der Waals surface area contributed by atoms with Crippen LogP contribution in [0, 0.1) is 0 Å². The molecule has 1 atom stereocenters. The molecule has 2 heteroatoms.